The van der Waals surface area contributed by atoms with Gasteiger partial charge in [-0.05, 0) is 0 Å². The van der Waals surface area contributed by atoms with Crippen molar-refractivity contribution in [2.24, 2.45) is 0 Å². The zero-order valence-corrected chi connectivity index (χ0v) is 3.03. The molecule has 2 nitrogen and oxygen atoms in total. The maximum absolute atomic E-state index is 7.26. The van der Waals surface area contributed by atoms with Gasteiger partial charge < -0.3 is 12.4 Å². The predicted octanol–water partition coefficient (Wildman–Crippen LogP) is -2.96. The average molecular weight is 87.5 g/mol. The van der Waals surface area contributed by atoms with Crippen LogP contribution >= 0.6 is 0 Å². The maximum Gasteiger partial charge on any atom is 0.181 e. The molecule has 26 valence electrons. The van der Waals surface area contributed by atoms with E-state index in [1.807, 2.05) is 0 Å². The number of halogens is 1. The van der Waals surface area contributed by atoms with Crippen molar-refractivity contribution >= 4 is 0 Å². The first kappa shape index (κ1) is 8.86. The van der Waals surface area contributed by atoms with Gasteiger partial charge in [0.25, 0.3) is 0 Å². The molecule has 0 spiro atoms. The standard InChI is InChI=1S/C2N2.ClH/c3-1-2-4;/h;1H/p-1. The van der Waals surface area contributed by atoms with Crippen LogP contribution in [0.15, 0.2) is 0 Å². The maximum atomic E-state index is 7.26. The third kappa shape index (κ3) is 72.3. The zero-order chi connectivity index (χ0) is 3.41. The SMILES string of the molecule is N#CC#N.[Cl-]. The summed E-state index contributed by atoms with van der Waals surface area (Å²) in [7, 11) is 0. The van der Waals surface area contributed by atoms with Crippen molar-refractivity contribution in [2.45, 2.75) is 0 Å². The summed E-state index contributed by atoms with van der Waals surface area (Å²) in [5.74, 6) is 0. The number of hydrogen-bond donors (Lipinski definition) is 0. The Kier molecular flexibility index (Phi) is 18.5. The molecular weight excluding hydrogens is 87.5 g/mol. The highest BCUT2D eigenvalue weighted by Crippen LogP contribution is 1.27. The van der Waals surface area contributed by atoms with Crippen molar-refractivity contribution in [3.63, 3.8) is 0 Å². The van der Waals surface area contributed by atoms with Crippen LogP contribution in [-0.2, 0) is 0 Å². The normalized spacial score (nSPS) is 2.00. The van der Waals surface area contributed by atoms with Gasteiger partial charge in [0, 0.05) is 0 Å². The van der Waals surface area contributed by atoms with Crippen LogP contribution in [0.25, 0.3) is 0 Å². The molecule has 0 aromatic heterocycles. The van der Waals surface area contributed by atoms with Crippen LogP contribution in [0.4, 0.5) is 0 Å². The molecule has 0 aliphatic rings. The molecule has 0 heterocycles. The Morgan fingerprint density at radius 1 is 1.00 bits per heavy atom. The smallest absolute Gasteiger partial charge is 0.181 e. The number of rotatable bonds is 0. The molecule has 0 bridgehead atoms. The summed E-state index contributed by atoms with van der Waals surface area (Å²) in [6.45, 7) is 0. The Bertz CT molecular complexity index is 62.6. The molecular formula is C2ClN2-. The summed E-state index contributed by atoms with van der Waals surface area (Å²) < 4.78 is 0. The van der Waals surface area contributed by atoms with Gasteiger partial charge in [-0.25, -0.2) is 0 Å². The van der Waals surface area contributed by atoms with Gasteiger partial charge in [-0.15, -0.1) is 0 Å². The van der Waals surface area contributed by atoms with E-state index in [0.29, 0.717) is 0 Å². The van der Waals surface area contributed by atoms with Gasteiger partial charge in [0.2, 0.25) is 0 Å². The van der Waals surface area contributed by atoms with E-state index in [1.54, 1.807) is 0 Å². The van der Waals surface area contributed by atoms with Crippen LogP contribution in [0.3, 0.4) is 0 Å². The molecule has 0 fully saturated rings. The van der Waals surface area contributed by atoms with Crippen molar-refractivity contribution in [2.75, 3.05) is 0 Å². The van der Waals surface area contributed by atoms with Gasteiger partial charge in [0.1, 0.15) is 0 Å². The lowest BCUT2D eigenvalue weighted by Gasteiger charge is -1.16. The second-order valence-corrected chi connectivity index (χ2v) is 0.224. The van der Waals surface area contributed by atoms with Crippen molar-refractivity contribution in [3.8, 4) is 12.1 Å². The van der Waals surface area contributed by atoms with Gasteiger partial charge >= 0.3 is 0 Å². The van der Waals surface area contributed by atoms with Crippen LogP contribution in [0.1, 0.15) is 0 Å². The fourth-order valence-electron chi connectivity index (χ4n) is 0. The van der Waals surface area contributed by atoms with Crippen molar-refractivity contribution in [1.82, 2.24) is 0 Å². The summed E-state index contributed by atoms with van der Waals surface area (Å²) in [5, 5.41) is 14.5. The molecule has 0 radical (unpaired) electrons. The lowest BCUT2D eigenvalue weighted by molar-refractivity contribution is -0.00000135. The van der Waals surface area contributed by atoms with Gasteiger partial charge in [0.15, 0.2) is 12.1 Å². The molecule has 0 aromatic carbocycles. The highest BCUT2D eigenvalue weighted by Gasteiger charge is 1.39. The number of hydrogen-bond acceptors (Lipinski definition) is 2. The summed E-state index contributed by atoms with van der Waals surface area (Å²) in [6.07, 6.45) is 0. The summed E-state index contributed by atoms with van der Waals surface area (Å²) in [4.78, 5) is 0. The molecule has 0 amide bonds. The first-order valence-electron chi connectivity index (χ1n) is 0.697. The second kappa shape index (κ2) is 10.4. The Balaban J connectivity index is 0. The molecule has 0 atom stereocenters. The molecule has 0 rings (SSSR count). The Hall–Kier alpha value is -0.730. The zero-order valence-electron chi connectivity index (χ0n) is 2.27. The largest absolute Gasteiger partial charge is 1.00 e. The molecule has 0 aliphatic carbocycles. The molecule has 0 saturated heterocycles. The Morgan fingerprint density at radius 3 is 1.20 bits per heavy atom. The van der Waals surface area contributed by atoms with Crippen LogP contribution in [0, 0.1) is 22.7 Å². The van der Waals surface area contributed by atoms with Crippen LogP contribution < -0.4 is 12.4 Å². The van der Waals surface area contributed by atoms with E-state index >= 15 is 0 Å². The second-order valence-electron chi connectivity index (χ2n) is 0.224. The Labute approximate surface area is 36.0 Å². The summed E-state index contributed by atoms with van der Waals surface area (Å²) in [6, 6.07) is 2.47. The van der Waals surface area contributed by atoms with Crippen molar-refractivity contribution < 1.29 is 12.4 Å². The van der Waals surface area contributed by atoms with E-state index in [1.165, 1.54) is 12.1 Å². The van der Waals surface area contributed by atoms with E-state index in [0.717, 1.165) is 0 Å². The van der Waals surface area contributed by atoms with Crippen molar-refractivity contribution in [3.05, 3.63) is 0 Å². The summed E-state index contributed by atoms with van der Waals surface area (Å²) in [5.41, 5.74) is 0. The third-order valence-corrected chi connectivity index (χ3v) is 0.0500. The first-order chi connectivity index (χ1) is 1.91. The van der Waals surface area contributed by atoms with Gasteiger partial charge in [-0.3, -0.25) is 0 Å². The molecule has 0 N–H and O–H groups in total. The number of nitrogens with zero attached hydrogens (tertiary/aromatic N) is 2. The van der Waals surface area contributed by atoms with E-state index < -0.39 is 0 Å². The quantitative estimate of drug-likeness (QED) is 0.317. The number of nitriles is 2. The van der Waals surface area contributed by atoms with Gasteiger partial charge in [-0.1, -0.05) is 0 Å². The van der Waals surface area contributed by atoms with Crippen LogP contribution in [-0.4, -0.2) is 0 Å². The molecule has 0 saturated carbocycles. The summed E-state index contributed by atoms with van der Waals surface area (Å²) >= 11 is 0. The fourth-order valence-corrected chi connectivity index (χ4v) is 0. The van der Waals surface area contributed by atoms with E-state index in [-0.39, 0.29) is 12.4 Å². The molecule has 0 aromatic rings. The Morgan fingerprint density at radius 2 is 1.20 bits per heavy atom. The molecule has 3 heteroatoms. The minimum Gasteiger partial charge on any atom is -1.00 e. The van der Waals surface area contributed by atoms with Gasteiger partial charge in [-0.2, -0.15) is 10.5 Å². The minimum atomic E-state index is 0. The molecule has 5 heavy (non-hydrogen) atoms. The van der Waals surface area contributed by atoms with Crippen molar-refractivity contribution in [1.29, 1.82) is 10.5 Å². The predicted molar refractivity (Wildman–Crippen MR) is 11.2 cm³/mol. The van der Waals surface area contributed by atoms with Crippen LogP contribution in [0.2, 0.25) is 0 Å². The lowest BCUT2D eigenvalue weighted by Crippen LogP contribution is -3.00. The topological polar surface area (TPSA) is 47.6 Å². The van der Waals surface area contributed by atoms with Gasteiger partial charge in [0.05, 0.1) is 0 Å². The monoisotopic (exact) mass is 87.0 g/mol. The molecule has 0 unspecified atom stereocenters. The van der Waals surface area contributed by atoms with Crippen LogP contribution in [0.5, 0.6) is 0 Å². The minimum absolute atomic E-state index is 0. The highest BCUT2D eigenvalue weighted by molar-refractivity contribution is 4.99. The van der Waals surface area contributed by atoms with E-state index in [2.05, 4.69) is 0 Å². The fraction of sp³-hybridized carbons (Fsp3) is 0. The first-order valence-corrected chi connectivity index (χ1v) is 0.697. The van der Waals surface area contributed by atoms with E-state index in [4.69, 9.17) is 10.5 Å². The average Bonchev–Trinajstić information content (AvgIpc) is 1.37. The lowest BCUT2D eigenvalue weighted by atomic mass is 10.9. The molecule has 0 aliphatic heterocycles. The highest BCUT2D eigenvalue weighted by atomic mass is 35.5. The van der Waals surface area contributed by atoms with E-state index in [9.17, 15) is 0 Å². The third-order valence-electron chi connectivity index (χ3n) is 0.0500.